The number of ketones is 1. The van der Waals surface area contributed by atoms with Gasteiger partial charge < -0.3 is 14.4 Å². The Labute approximate surface area is 135 Å². The molecular formula is C16H23BrN2O2. The largest absolute Gasteiger partial charge is 0.495 e. The molecule has 1 aliphatic heterocycles. The molecule has 0 aliphatic carbocycles. The number of nitrogens with zero attached hydrogens (tertiary/aromatic N) is 2. The van der Waals surface area contributed by atoms with Crippen LogP contribution in [-0.4, -0.2) is 48.9 Å². The van der Waals surface area contributed by atoms with E-state index in [0.717, 1.165) is 44.0 Å². The monoisotopic (exact) mass is 354 g/mol. The van der Waals surface area contributed by atoms with Crippen LogP contribution in [0.2, 0.25) is 0 Å². The lowest BCUT2D eigenvalue weighted by Gasteiger charge is -2.38. The molecule has 0 amide bonds. The van der Waals surface area contributed by atoms with E-state index in [9.17, 15) is 4.79 Å². The minimum atomic E-state index is 0.257. The Morgan fingerprint density at radius 1 is 1.29 bits per heavy atom. The normalized spacial score (nSPS) is 17.6. The lowest BCUT2D eigenvalue weighted by Crippen LogP contribution is -2.49. The Bertz CT molecular complexity index is 473. The fourth-order valence-electron chi connectivity index (χ4n) is 2.64. The molecule has 1 atom stereocenters. The third-order valence-electron chi connectivity index (χ3n) is 3.87. The lowest BCUT2D eigenvalue weighted by molar-refractivity contribution is -0.117. The van der Waals surface area contributed by atoms with Crippen molar-refractivity contribution in [3.63, 3.8) is 0 Å². The zero-order valence-corrected chi connectivity index (χ0v) is 14.3. The molecule has 0 N–H and O–H groups in total. The smallest absolute Gasteiger partial charge is 0.142 e. The van der Waals surface area contributed by atoms with E-state index in [4.69, 9.17) is 4.74 Å². The van der Waals surface area contributed by atoms with Gasteiger partial charge in [-0.1, -0.05) is 28.1 Å². The van der Waals surface area contributed by atoms with Crippen LogP contribution in [0.3, 0.4) is 0 Å². The number of methoxy groups -OCH3 is 1. The minimum absolute atomic E-state index is 0.257. The van der Waals surface area contributed by atoms with E-state index in [1.165, 1.54) is 0 Å². The molecule has 1 saturated heterocycles. The second-order valence-electron chi connectivity index (χ2n) is 5.37. The predicted octanol–water partition coefficient (Wildman–Crippen LogP) is 2.91. The SMILES string of the molecule is COc1ccccc1N1CCN(C(Br)CCC(C)=O)CC1. The molecule has 1 aromatic rings. The van der Waals surface area contributed by atoms with Gasteiger partial charge in [0.2, 0.25) is 0 Å². The van der Waals surface area contributed by atoms with Crippen molar-refractivity contribution in [1.82, 2.24) is 4.90 Å². The van der Waals surface area contributed by atoms with Crippen molar-refractivity contribution in [3.8, 4) is 5.75 Å². The molecule has 21 heavy (non-hydrogen) atoms. The average Bonchev–Trinajstić information content (AvgIpc) is 2.52. The summed E-state index contributed by atoms with van der Waals surface area (Å²) in [6.45, 7) is 5.59. The first-order valence-electron chi connectivity index (χ1n) is 7.37. The molecule has 0 saturated carbocycles. The summed E-state index contributed by atoms with van der Waals surface area (Å²) in [6, 6.07) is 8.15. The van der Waals surface area contributed by atoms with Gasteiger partial charge in [0, 0.05) is 32.6 Å². The van der Waals surface area contributed by atoms with Gasteiger partial charge in [-0.25, -0.2) is 0 Å². The van der Waals surface area contributed by atoms with Crippen LogP contribution in [0.15, 0.2) is 24.3 Å². The zero-order valence-electron chi connectivity index (χ0n) is 12.7. The maximum absolute atomic E-state index is 11.1. The first-order chi connectivity index (χ1) is 10.1. The number of ether oxygens (including phenoxy) is 1. The first kappa shape index (κ1) is 16.3. The molecule has 1 unspecified atom stereocenters. The second kappa shape index (κ2) is 7.80. The number of carbonyl (C=O) groups is 1. The number of halogens is 1. The molecule has 1 aromatic carbocycles. The van der Waals surface area contributed by atoms with E-state index in [1.54, 1.807) is 14.0 Å². The number of alkyl halides is 1. The standard InChI is InChI=1S/C16H23BrN2O2/c1-13(20)7-8-16(17)19-11-9-18(10-12-19)14-5-3-4-6-15(14)21-2/h3-6,16H,7-12H2,1-2H3. The Morgan fingerprint density at radius 2 is 1.95 bits per heavy atom. The van der Waals surface area contributed by atoms with E-state index in [1.807, 2.05) is 18.2 Å². The fourth-order valence-corrected chi connectivity index (χ4v) is 3.28. The Hall–Kier alpha value is -1.07. The summed E-state index contributed by atoms with van der Waals surface area (Å²) in [7, 11) is 1.71. The molecule has 5 heteroatoms. The molecule has 1 aliphatic rings. The van der Waals surface area contributed by atoms with E-state index in [2.05, 4.69) is 31.8 Å². The minimum Gasteiger partial charge on any atom is -0.495 e. The summed E-state index contributed by atoms with van der Waals surface area (Å²) in [5, 5.41) is 0. The summed E-state index contributed by atoms with van der Waals surface area (Å²) in [5.41, 5.74) is 1.16. The topological polar surface area (TPSA) is 32.8 Å². The Kier molecular flexibility index (Phi) is 6.06. The van der Waals surface area contributed by atoms with Gasteiger partial charge in [0.25, 0.3) is 0 Å². The predicted molar refractivity (Wildman–Crippen MR) is 89.4 cm³/mol. The molecular weight excluding hydrogens is 332 g/mol. The lowest BCUT2D eigenvalue weighted by atomic mass is 10.2. The zero-order chi connectivity index (χ0) is 15.2. The van der Waals surface area contributed by atoms with Crippen LogP contribution in [0.4, 0.5) is 5.69 Å². The van der Waals surface area contributed by atoms with Gasteiger partial charge in [-0.2, -0.15) is 0 Å². The number of piperazine rings is 1. The van der Waals surface area contributed by atoms with E-state index in [-0.39, 0.29) is 5.78 Å². The quantitative estimate of drug-likeness (QED) is 0.580. The van der Waals surface area contributed by atoms with Crippen molar-refractivity contribution in [2.75, 3.05) is 38.2 Å². The number of carbonyl (C=O) groups excluding carboxylic acids is 1. The van der Waals surface area contributed by atoms with Gasteiger partial charge in [0.1, 0.15) is 11.5 Å². The van der Waals surface area contributed by atoms with Crippen LogP contribution < -0.4 is 9.64 Å². The van der Waals surface area contributed by atoms with E-state index < -0.39 is 0 Å². The van der Waals surface area contributed by atoms with Crippen LogP contribution in [0.25, 0.3) is 0 Å². The van der Waals surface area contributed by atoms with Gasteiger partial charge in [0.15, 0.2) is 0 Å². The number of anilines is 1. The van der Waals surface area contributed by atoms with E-state index >= 15 is 0 Å². The van der Waals surface area contributed by atoms with Gasteiger partial charge in [-0.15, -0.1) is 0 Å². The number of para-hydroxylation sites is 2. The fraction of sp³-hybridized carbons (Fsp3) is 0.562. The third kappa shape index (κ3) is 4.45. The highest BCUT2D eigenvalue weighted by atomic mass is 79.9. The summed E-state index contributed by atoms with van der Waals surface area (Å²) >= 11 is 3.70. The van der Waals surface area contributed by atoms with Crippen molar-refractivity contribution >= 4 is 27.4 Å². The number of Topliss-reactive ketones (excluding diaryl/α,β-unsaturated/α-hetero) is 1. The number of benzene rings is 1. The van der Waals surface area contributed by atoms with Gasteiger partial charge in [-0.05, 0) is 25.5 Å². The highest BCUT2D eigenvalue weighted by molar-refractivity contribution is 9.09. The summed E-state index contributed by atoms with van der Waals surface area (Å²) in [6.07, 6.45) is 1.52. The van der Waals surface area contributed by atoms with Crippen LogP contribution in [0, 0.1) is 0 Å². The van der Waals surface area contributed by atoms with Crippen molar-refractivity contribution < 1.29 is 9.53 Å². The van der Waals surface area contributed by atoms with Gasteiger partial charge in [-0.3, -0.25) is 4.90 Å². The van der Waals surface area contributed by atoms with Crippen LogP contribution in [-0.2, 0) is 4.79 Å². The first-order valence-corrected chi connectivity index (χ1v) is 8.29. The number of rotatable bonds is 6. The molecule has 2 rings (SSSR count). The second-order valence-corrected chi connectivity index (χ2v) is 6.43. The van der Waals surface area contributed by atoms with Crippen molar-refractivity contribution in [2.45, 2.75) is 24.7 Å². The maximum atomic E-state index is 11.1. The van der Waals surface area contributed by atoms with E-state index in [0.29, 0.717) is 11.4 Å². The summed E-state index contributed by atoms with van der Waals surface area (Å²) in [4.78, 5) is 16.1. The highest BCUT2D eigenvalue weighted by Gasteiger charge is 2.23. The van der Waals surface area contributed by atoms with Crippen molar-refractivity contribution in [2.24, 2.45) is 0 Å². The Morgan fingerprint density at radius 3 is 2.57 bits per heavy atom. The Balaban J connectivity index is 1.89. The molecule has 0 radical (unpaired) electrons. The molecule has 0 bridgehead atoms. The third-order valence-corrected chi connectivity index (χ3v) is 4.91. The number of hydrogen-bond acceptors (Lipinski definition) is 4. The molecule has 4 nitrogen and oxygen atoms in total. The summed E-state index contributed by atoms with van der Waals surface area (Å²) in [5.74, 6) is 1.19. The highest BCUT2D eigenvalue weighted by Crippen LogP contribution is 2.29. The van der Waals surface area contributed by atoms with Crippen LogP contribution >= 0.6 is 15.9 Å². The summed E-state index contributed by atoms with van der Waals surface area (Å²) < 4.78 is 5.44. The van der Waals surface area contributed by atoms with Crippen LogP contribution in [0.1, 0.15) is 19.8 Å². The van der Waals surface area contributed by atoms with Gasteiger partial charge >= 0.3 is 0 Å². The van der Waals surface area contributed by atoms with Gasteiger partial charge in [0.05, 0.1) is 17.7 Å². The number of hydrogen-bond donors (Lipinski definition) is 0. The molecule has 116 valence electrons. The van der Waals surface area contributed by atoms with Crippen molar-refractivity contribution in [3.05, 3.63) is 24.3 Å². The average molecular weight is 355 g/mol. The van der Waals surface area contributed by atoms with Crippen LogP contribution in [0.5, 0.6) is 5.75 Å². The maximum Gasteiger partial charge on any atom is 0.142 e. The molecule has 1 heterocycles. The molecule has 1 fully saturated rings. The van der Waals surface area contributed by atoms with Crippen molar-refractivity contribution in [1.29, 1.82) is 0 Å². The molecule has 0 aromatic heterocycles. The molecule has 0 spiro atoms.